The third-order valence-corrected chi connectivity index (χ3v) is 3.11. The lowest BCUT2D eigenvalue weighted by Gasteiger charge is -2.11. The van der Waals surface area contributed by atoms with Crippen LogP contribution in [0.5, 0.6) is 0 Å². The van der Waals surface area contributed by atoms with E-state index in [1.165, 1.54) is 0 Å². The molecule has 2 aromatic rings. The van der Waals surface area contributed by atoms with E-state index >= 15 is 0 Å². The first-order valence-corrected chi connectivity index (χ1v) is 5.95. The average Bonchev–Trinajstić information content (AvgIpc) is 2.35. The van der Waals surface area contributed by atoms with Crippen LogP contribution in [0, 0.1) is 0 Å². The van der Waals surface area contributed by atoms with Gasteiger partial charge in [-0.05, 0) is 30.0 Å². The van der Waals surface area contributed by atoms with Gasteiger partial charge in [-0.3, -0.25) is 4.79 Å². The van der Waals surface area contributed by atoms with Crippen molar-refractivity contribution in [2.24, 2.45) is 0 Å². The van der Waals surface area contributed by atoms with Crippen molar-refractivity contribution in [2.45, 2.75) is 26.7 Å². The SMILES string of the molecule is CCc1cc(N)cc2oc(=O)c(C=O)c(CC)c12. The summed E-state index contributed by atoms with van der Waals surface area (Å²) in [5.74, 6) is 0. The number of rotatable bonds is 3. The van der Waals surface area contributed by atoms with E-state index < -0.39 is 5.63 Å². The smallest absolute Gasteiger partial charge is 0.347 e. The van der Waals surface area contributed by atoms with Gasteiger partial charge in [0.1, 0.15) is 11.1 Å². The molecule has 0 spiro atoms. The first-order chi connectivity index (χ1) is 8.62. The predicted octanol–water partition coefficient (Wildman–Crippen LogP) is 2.31. The Morgan fingerprint density at radius 3 is 2.56 bits per heavy atom. The zero-order valence-corrected chi connectivity index (χ0v) is 10.4. The van der Waals surface area contributed by atoms with E-state index in [9.17, 15) is 9.59 Å². The van der Waals surface area contributed by atoms with Crippen LogP contribution in [-0.2, 0) is 12.8 Å². The molecule has 0 saturated heterocycles. The molecule has 0 unspecified atom stereocenters. The number of benzene rings is 1. The van der Waals surface area contributed by atoms with Crippen LogP contribution in [0.15, 0.2) is 21.3 Å². The zero-order valence-electron chi connectivity index (χ0n) is 10.4. The molecule has 0 aliphatic carbocycles. The van der Waals surface area contributed by atoms with Crippen LogP contribution in [-0.4, -0.2) is 6.29 Å². The second-order valence-corrected chi connectivity index (χ2v) is 4.16. The van der Waals surface area contributed by atoms with Gasteiger partial charge in [-0.1, -0.05) is 13.8 Å². The summed E-state index contributed by atoms with van der Waals surface area (Å²) in [7, 11) is 0. The van der Waals surface area contributed by atoms with E-state index in [4.69, 9.17) is 10.2 Å². The van der Waals surface area contributed by atoms with Crippen molar-refractivity contribution in [1.29, 1.82) is 0 Å². The van der Waals surface area contributed by atoms with Crippen LogP contribution in [0.1, 0.15) is 35.3 Å². The maximum Gasteiger partial charge on any atom is 0.347 e. The summed E-state index contributed by atoms with van der Waals surface area (Å²) >= 11 is 0. The number of carbonyl (C=O) groups is 1. The van der Waals surface area contributed by atoms with Crippen LogP contribution in [0.2, 0.25) is 0 Å². The standard InChI is InChI=1S/C14H15NO3/c1-3-8-5-9(15)6-12-13(8)10(4-2)11(7-16)14(17)18-12/h5-7H,3-4,15H2,1-2H3. The molecule has 1 aromatic heterocycles. The van der Waals surface area contributed by atoms with Crippen LogP contribution in [0.3, 0.4) is 0 Å². The largest absolute Gasteiger partial charge is 0.422 e. The van der Waals surface area contributed by atoms with E-state index in [-0.39, 0.29) is 5.56 Å². The average molecular weight is 245 g/mol. The molecule has 1 aromatic carbocycles. The Hall–Kier alpha value is -2.10. The van der Waals surface area contributed by atoms with Crippen LogP contribution < -0.4 is 11.4 Å². The van der Waals surface area contributed by atoms with E-state index in [0.717, 1.165) is 22.9 Å². The fraction of sp³-hybridized carbons (Fsp3) is 0.286. The van der Waals surface area contributed by atoms with E-state index in [0.29, 0.717) is 24.0 Å². The normalized spacial score (nSPS) is 10.8. The summed E-state index contributed by atoms with van der Waals surface area (Å²) in [4.78, 5) is 22.7. The van der Waals surface area contributed by atoms with E-state index in [2.05, 4.69) is 0 Å². The highest BCUT2D eigenvalue weighted by Gasteiger charge is 2.15. The highest BCUT2D eigenvalue weighted by atomic mass is 16.4. The first-order valence-electron chi connectivity index (χ1n) is 5.95. The van der Waals surface area contributed by atoms with Crippen molar-refractivity contribution in [2.75, 3.05) is 5.73 Å². The van der Waals surface area contributed by atoms with Crippen molar-refractivity contribution in [3.8, 4) is 0 Å². The molecule has 0 atom stereocenters. The molecule has 0 bridgehead atoms. The Morgan fingerprint density at radius 2 is 2.00 bits per heavy atom. The van der Waals surface area contributed by atoms with Crippen molar-refractivity contribution >= 4 is 22.9 Å². The van der Waals surface area contributed by atoms with Gasteiger partial charge in [-0.2, -0.15) is 0 Å². The highest BCUT2D eigenvalue weighted by Crippen LogP contribution is 2.27. The topological polar surface area (TPSA) is 73.3 Å². The molecule has 0 saturated carbocycles. The quantitative estimate of drug-likeness (QED) is 0.511. The molecule has 2 N–H and O–H groups in total. The lowest BCUT2D eigenvalue weighted by molar-refractivity contribution is 0.111. The Labute approximate surface area is 104 Å². The summed E-state index contributed by atoms with van der Waals surface area (Å²) in [6, 6.07) is 3.49. The summed E-state index contributed by atoms with van der Waals surface area (Å²) in [6.07, 6.45) is 1.94. The molecule has 0 aliphatic heterocycles. The van der Waals surface area contributed by atoms with Gasteiger partial charge in [0.15, 0.2) is 6.29 Å². The highest BCUT2D eigenvalue weighted by molar-refractivity contribution is 5.92. The van der Waals surface area contributed by atoms with Crippen LogP contribution in [0.25, 0.3) is 11.0 Å². The molecule has 1 heterocycles. The third kappa shape index (κ3) is 1.79. The number of carbonyl (C=O) groups excluding carboxylic acids is 1. The van der Waals surface area contributed by atoms with Crippen molar-refractivity contribution in [1.82, 2.24) is 0 Å². The molecule has 4 heteroatoms. The van der Waals surface area contributed by atoms with Gasteiger partial charge in [-0.25, -0.2) is 4.79 Å². The third-order valence-electron chi connectivity index (χ3n) is 3.11. The minimum absolute atomic E-state index is 0.115. The fourth-order valence-corrected chi connectivity index (χ4v) is 2.30. The second kappa shape index (κ2) is 4.64. The summed E-state index contributed by atoms with van der Waals surface area (Å²) in [5.41, 5.74) is 8.05. The predicted molar refractivity (Wildman–Crippen MR) is 71.0 cm³/mol. The number of aryl methyl sites for hydroxylation is 2. The Kier molecular flexibility index (Phi) is 3.19. The van der Waals surface area contributed by atoms with Gasteiger partial charge in [0.05, 0.1) is 0 Å². The van der Waals surface area contributed by atoms with Crippen LogP contribution >= 0.6 is 0 Å². The van der Waals surface area contributed by atoms with Gasteiger partial charge in [0.25, 0.3) is 0 Å². The number of fused-ring (bicyclic) bond motifs is 1. The Bertz CT molecular complexity index is 671. The number of nitrogen functional groups attached to an aromatic ring is 1. The first kappa shape index (κ1) is 12.4. The molecule has 18 heavy (non-hydrogen) atoms. The van der Waals surface area contributed by atoms with E-state index in [1.54, 1.807) is 6.07 Å². The number of hydrogen-bond acceptors (Lipinski definition) is 4. The minimum Gasteiger partial charge on any atom is -0.422 e. The molecule has 2 rings (SSSR count). The molecular formula is C14H15NO3. The molecule has 0 radical (unpaired) electrons. The van der Waals surface area contributed by atoms with Crippen molar-refractivity contribution in [3.63, 3.8) is 0 Å². The van der Waals surface area contributed by atoms with Gasteiger partial charge in [-0.15, -0.1) is 0 Å². The lowest BCUT2D eigenvalue weighted by Crippen LogP contribution is -2.11. The molecule has 0 amide bonds. The van der Waals surface area contributed by atoms with Gasteiger partial charge < -0.3 is 10.2 Å². The number of aldehydes is 1. The zero-order chi connectivity index (χ0) is 13.3. The van der Waals surface area contributed by atoms with Gasteiger partial charge in [0.2, 0.25) is 0 Å². The lowest BCUT2D eigenvalue weighted by atomic mass is 9.97. The molecule has 4 nitrogen and oxygen atoms in total. The Balaban J connectivity index is 3.03. The number of anilines is 1. The van der Waals surface area contributed by atoms with E-state index in [1.807, 2.05) is 19.9 Å². The minimum atomic E-state index is -0.595. The Morgan fingerprint density at radius 1 is 1.28 bits per heavy atom. The molecule has 0 aliphatic rings. The number of nitrogens with two attached hydrogens (primary N) is 1. The summed E-state index contributed by atoms with van der Waals surface area (Å²) in [6.45, 7) is 3.91. The number of hydrogen-bond donors (Lipinski definition) is 1. The molecule has 0 fully saturated rings. The maximum absolute atomic E-state index is 11.7. The van der Waals surface area contributed by atoms with Crippen LogP contribution in [0.4, 0.5) is 5.69 Å². The monoisotopic (exact) mass is 245 g/mol. The van der Waals surface area contributed by atoms with Gasteiger partial charge in [0, 0.05) is 17.1 Å². The molecular weight excluding hydrogens is 230 g/mol. The summed E-state index contributed by atoms with van der Waals surface area (Å²) in [5, 5.41) is 0.843. The summed E-state index contributed by atoms with van der Waals surface area (Å²) < 4.78 is 5.18. The molecule has 94 valence electrons. The van der Waals surface area contributed by atoms with Crippen molar-refractivity contribution < 1.29 is 9.21 Å². The second-order valence-electron chi connectivity index (χ2n) is 4.16. The van der Waals surface area contributed by atoms with Gasteiger partial charge >= 0.3 is 5.63 Å². The van der Waals surface area contributed by atoms with Crippen molar-refractivity contribution in [3.05, 3.63) is 39.2 Å². The fourth-order valence-electron chi connectivity index (χ4n) is 2.30. The maximum atomic E-state index is 11.7.